The number of rotatable bonds is 3. The van der Waals surface area contributed by atoms with Crippen LogP contribution < -0.4 is 0 Å². The number of ketones is 1. The molecular weight excluding hydrogens is 170 g/mol. The van der Waals surface area contributed by atoms with E-state index in [0.717, 1.165) is 0 Å². The minimum Gasteiger partial charge on any atom is -0.348 e. The van der Waals surface area contributed by atoms with Crippen LogP contribution in [0.3, 0.4) is 0 Å². The molecule has 0 aliphatic heterocycles. The smallest absolute Gasteiger partial charge is 0.229 e. The van der Waals surface area contributed by atoms with Crippen molar-refractivity contribution < 1.29 is 9.59 Å². The Morgan fingerprint density at radius 3 is 2.69 bits per heavy atom. The lowest BCUT2D eigenvalue weighted by molar-refractivity contribution is -0.127. The third-order valence-corrected chi connectivity index (χ3v) is 1.63. The average molecular weight is 181 g/mol. The van der Waals surface area contributed by atoms with Crippen LogP contribution in [0, 0.1) is 0 Å². The summed E-state index contributed by atoms with van der Waals surface area (Å²) in [5, 5.41) is 6.14. The lowest BCUT2D eigenvalue weighted by Crippen LogP contribution is -2.24. The minimum absolute atomic E-state index is 0.105. The number of nitrogens with zero attached hydrogens (tertiary/aromatic N) is 2. The monoisotopic (exact) mass is 181 g/mol. The number of aromatic amines is 1. The highest BCUT2D eigenvalue weighted by Gasteiger charge is 2.13. The number of nitrogens with one attached hydrogen (secondary N) is 1. The van der Waals surface area contributed by atoms with Gasteiger partial charge in [0.2, 0.25) is 5.91 Å². The first-order valence-corrected chi connectivity index (χ1v) is 3.83. The van der Waals surface area contributed by atoms with Crippen molar-refractivity contribution in [3.05, 3.63) is 18.0 Å². The van der Waals surface area contributed by atoms with Gasteiger partial charge in [0.05, 0.1) is 18.2 Å². The first-order valence-electron chi connectivity index (χ1n) is 3.83. The fourth-order valence-electron chi connectivity index (χ4n) is 0.801. The molecule has 0 unspecified atom stereocenters. The Kier molecular flexibility index (Phi) is 2.79. The number of hydrogen-bond acceptors (Lipinski definition) is 3. The molecule has 0 saturated heterocycles. The number of H-pyrrole nitrogens is 1. The molecule has 5 nitrogen and oxygen atoms in total. The quantitative estimate of drug-likeness (QED) is 0.530. The summed E-state index contributed by atoms with van der Waals surface area (Å²) in [6.45, 7) is 0. The van der Waals surface area contributed by atoms with E-state index in [1.54, 1.807) is 14.1 Å². The van der Waals surface area contributed by atoms with Crippen LogP contribution in [0.2, 0.25) is 0 Å². The van der Waals surface area contributed by atoms with E-state index in [4.69, 9.17) is 0 Å². The van der Waals surface area contributed by atoms with E-state index in [1.807, 2.05) is 0 Å². The molecule has 0 spiro atoms. The summed E-state index contributed by atoms with van der Waals surface area (Å²) in [6, 6.07) is 0. The largest absolute Gasteiger partial charge is 0.348 e. The number of aromatic nitrogens is 2. The van der Waals surface area contributed by atoms with Crippen LogP contribution in [0.1, 0.15) is 16.8 Å². The first-order chi connectivity index (χ1) is 6.11. The third kappa shape index (κ3) is 2.40. The lowest BCUT2D eigenvalue weighted by atomic mass is 10.1. The normalized spacial score (nSPS) is 9.69. The molecule has 1 N–H and O–H groups in total. The van der Waals surface area contributed by atoms with Gasteiger partial charge in [0, 0.05) is 20.3 Å². The molecule has 70 valence electrons. The Hall–Kier alpha value is -1.65. The zero-order valence-corrected chi connectivity index (χ0v) is 7.57. The summed E-state index contributed by atoms with van der Waals surface area (Å²) in [5.74, 6) is -0.418. The van der Waals surface area contributed by atoms with Gasteiger partial charge in [0.25, 0.3) is 0 Å². The molecule has 0 aliphatic carbocycles. The Morgan fingerprint density at radius 1 is 1.54 bits per heavy atom. The molecule has 0 aromatic carbocycles. The van der Waals surface area contributed by atoms with Crippen molar-refractivity contribution in [1.82, 2.24) is 15.1 Å². The Morgan fingerprint density at radius 2 is 2.23 bits per heavy atom. The third-order valence-electron chi connectivity index (χ3n) is 1.63. The van der Waals surface area contributed by atoms with E-state index >= 15 is 0 Å². The van der Waals surface area contributed by atoms with Crippen LogP contribution in [0.15, 0.2) is 12.4 Å². The topological polar surface area (TPSA) is 66.1 Å². The number of carbonyl (C=O) groups excluding carboxylic acids is 2. The second-order valence-corrected chi connectivity index (χ2v) is 2.88. The van der Waals surface area contributed by atoms with Crippen LogP contribution in [0.25, 0.3) is 0 Å². The fraction of sp³-hybridized carbons (Fsp3) is 0.375. The summed E-state index contributed by atoms with van der Waals surface area (Å²) >= 11 is 0. The molecular formula is C8H11N3O2. The molecule has 0 atom stereocenters. The van der Waals surface area contributed by atoms with Crippen molar-refractivity contribution in [2.24, 2.45) is 0 Å². The Labute approximate surface area is 75.7 Å². The van der Waals surface area contributed by atoms with Crippen molar-refractivity contribution >= 4 is 11.7 Å². The summed E-state index contributed by atoms with van der Waals surface area (Å²) in [4.78, 5) is 23.8. The van der Waals surface area contributed by atoms with Gasteiger partial charge in [-0.25, -0.2) is 0 Å². The standard InChI is InChI=1S/C8H11N3O2/c1-11(2)8(13)3-7(12)6-4-9-10-5-6/h4-5H,3H2,1-2H3,(H,9,10). The van der Waals surface area contributed by atoms with Gasteiger partial charge >= 0.3 is 0 Å². The predicted molar refractivity (Wildman–Crippen MR) is 46.2 cm³/mol. The van der Waals surface area contributed by atoms with Gasteiger partial charge in [0.1, 0.15) is 0 Å². The summed E-state index contributed by atoms with van der Waals surface area (Å²) in [7, 11) is 3.23. The fourth-order valence-corrected chi connectivity index (χ4v) is 0.801. The van der Waals surface area contributed by atoms with Gasteiger partial charge in [-0.1, -0.05) is 0 Å². The zero-order valence-electron chi connectivity index (χ0n) is 7.57. The maximum Gasteiger partial charge on any atom is 0.229 e. The molecule has 13 heavy (non-hydrogen) atoms. The van der Waals surface area contributed by atoms with Gasteiger partial charge in [0.15, 0.2) is 5.78 Å². The highest BCUT2D eigenvalue weighted by Crippen LogP contribution is 2.00. The van der Waals surface area contributed by atoms with Gasteiger partial charge in [-0.05, 0) is 0 Å². The number of hydrogen-bond donors (Lipinski definition) is 1. The van der Waals surface area contributed by atoms with Crippen LogP contribution >= 0.6 is 0 Å². The Balaban J connectivity index is 2.57. The molecule has 0 radical (unpaired) electrons. The molecule has 0 bridgehead atoms. The molecule has 0 aliphatic rings. The summed E-state index contributed by atoms with van der Waals surface area (Å²) in [6.07, 6.45) is 2.78. The number of carbonyl (C=O) groups is 2. The zero-order chi connectivity index (χ0) is 9.84. The highest BCUT2D eigenvalue weighted by atomic mass is 16.2. The van der Waals surface area contributed by atoms with E-state index in [1.165, 1.54) is 17.3 Å². The SMILES string of the molecule is CN(C)C(=O)CC(=O)c1cn[nH]c1. The van der Waals surface area contributed by atoms with Gasteiger partial charge in [-0.15, -0.1) is 0 Å². The van der Waals surface area contributed by atoms with Crippen LogP contribution in [0.4, 0.5) is 0 Å². The first kappa shape index (κ1) is 9.44. The highest BCUT2D eigenvalue weighted by molar-refractivity contribution is 6.06. The lowest BCUT2D eigenvalue weighted by Gasteiger charge is -2.08. The molecule has 1 aromatic heterocycles. The van der Waals surface area contributed by atoms with Crippen molar-refractivity contribution in [3.8, 4) is 0 Å². The molecule has 1 rings (SSSR count). The van der Waals surface area contributed by atoms with Crippen molar-refractivity contribution in [2.45, 2.75) is 6.42 Å². The minimum atomic E-state index is -0.215. The summed E-state index contributed by atoms with van der Waals surface area (Å²) in [5.41, 5.74) is 0.440. The van der Waals surface area contributed by atoms with Crippen molar-refractivity contribution in [2.75, 3.05) is 14.1 Å². The molecule has 0 fully saturated rings. The molecule has 1 aromatic rings. The summed E-state index contributed by atoms with van der Waals surface area (Å²) < 4.78 is 0. The maximum atomic E-state index is 11.3. The van der Waals surface area contributed by atoms with Gasteiger partial charge in [-0.3, -0.25) is 14.7 Å². The van der Waals surface area contributed by atoms with Crippen LogP contribution in [-0.4, -0.2) is 40.9 Å². The number of Topliss-reactive ketones (excluding diaryl/α,β-unsaturated/α-hetero) is 1. The van der Waals surface area contributed by atoms with Crippen LogP contribution in [0.5, 0.6) is 0 Å². The second kappa shape index (κ2) is 3.84. The number of amides is 1. The van der Waals surface area contributed by atoms with E-state index in [0.29, 0.717) is 5.56 Å². The predicted octanol–water partition coefficient (Wildman–Crippen LogP) is 0.0707. The van der Waals surface area contributed by atoms with Gasteiger partial charge < -0.3 is 4.90 Å². The molecule has 5 heteroatoms. The van der Waals surface area contributed by atoms with E-state index in [2.05, 4.69) is 10.2 Å². The molecule has 1 amide bonds. The second-order valence-electron chi connectivity index (χ2n) is 2.88. The van der Waals surface area contributed by atoms with Crippen molar-refractivity contribution in [1.29, 1.82) is 0 Å². The average Bonchev–Trinajstić information content (AvgIpc) is 2.55. The van der Waals surface area contributed by atoms with Gasteiger partial charge in [-0.2, -0.15) is 5.10 Å². The maximum absolute atomic E-state index is 11.3. The molecule has 1 heterocycles. The van der Waals surface area contributed by atoms with Crippen molar-refractivity contribution in [3.63, 3.8) is 0 Å². The van der Waals surface area contributed by atoms with E-state index < -0.39 is 0 Å². The van der Waals surface area contributed by atoms with E-state index in [9.17, 15) is 9.59 Å². The van der Waals surface area contributed by atoms with E-state index in [-0.39, 0.29) is 18.1 Å². The Bertz CT molecular complexity index is 303. The van der Waals surface area contributed by atoms with Crippen LogP contribution in [-0.2, 0) is 4.79 Å². The molecule has 0 saturated carbocycles.